The second-order valence-electron chi connectivity index (χ2n) is 4.18. The molecule has 0 aliphatic carbocycles. The Morgan fingerprint density at radius 2 is 1.80 bits per heavy atom. The van der Waals surface area contributed by atoms with Crippen molar-refractivity contribution in [3.63, 3.8) is 0 Å². The first-order valence-corrected chi connectivity index (χ1v) is 5.34. The molecule has 15 heavy (non-hydrogen) atoms. The van der Waals surface area contributed by atoms with Crippen LogP contribution in [-0.4, -0.2) is 22.8 Å². The van der Waals surface area contributed by atoms with Crippen molar-refractivity contribution in [2.24, 2.45) is 0 Å². The van der Waals surface area contributed by atoms with E-state index in [1.54, 1.807) is 0 Å². The van der Waals surface area contributed by atoms with Gasteiger partial charge in [0.25, 0.3) is 0 Å². The maximum Gasteiger partial charge on any atom is 0.192 e. The number of hydrazine groups is 1. The first kappa shape index (κ1) is 10.4. The number of nitrogens with zero attached hydrogens (tertiary/aromatic N) is 2. The quantitative estimate of drug-likeness (QED) is 0.730. The van der Waals surface area contributed by atoms with Gasteiger partial charge in [-0.1, -0.05) is 18.2 Å². The van der Waals surface area contributed by atoms with Crippen LogP contribution in [0.4, 0.5) is 5.69 Å². The normalized spacial score (nSPS) is 19.8. The summed E-state index contributed by atoms with van der Waals surface area (Å²) in [5.41, 5.74) is 4.25. The average molecular weight is 221 g/mol. The molecule has 0 amide bonds. The van der Waals surface area contributed by atoms with Crippen LogP contribution in [0.1, 0.15) is 13.8 Å². The van der Waals surface area contributed by atoms with Gasteiger partial charge in [-0.3, -0.25) is 9.91 Å². The van der Waals surface area contributed by atoms with Crippen molar-refractivity contribution in [2.45, 2.75) is 19.5 Å². The highest BCUT2D eigenvalue weighted by Gasteiger charge is 2.39. The molecule has 0 unspecified atom stereocenters. The molecule has 0 spiro atoms. The maximum atomic E-state index is 5.38. The maximum absolute atomic E-state index is 5.38. The van der Waals surface area contributed by atoms with Crippen molar-refractivity contribution in [2.75, 3.05) is 11.9 Å². The molecule has 1 N–H and O–H groups in total. The Hall–Kier alpha value is -1.13. The summed E-state index contributed by atoms with van der Waals surface area (Å²) in [6.07, 6.45) is 0. The summed E-state index contributed by atoms with van der Waals surface area (Å²) < 4.78 is 0. The molecule has 0 radical (unpaired) electrons. The summed E-state index contributed by atoms with van der Waals surface area (Å²) in [5, 5.41) is 2.67. The molecule has 2 rings (SSSR count). The van der Waals surface area contributed by atoms with Crippen molar-refractivity contribution in [1.29, 1.82) is 0 Å². The van der Waals surface area contributed by atoms with Gasteiger partial charge in [0.15, 0.2) is 5.11 Å². The molecule has 1 heterocycles. The van der Waals surface area contributed by atoms with E-state index in [-0.39, 0.29) is 5.66 Å². The Morgan fingerprint density at radius 1 is 1.20 bits per heavy atom. The van der Waals surface area contributed by atoms with E-state index in [0.29, 0.717) is 0 Å². The van der Waals surface area contributed by atoms with Crippen LogP contribution in [0.25, 0.3) is 0 Å². The predicted octanol–water partition coefficient (Wildman–Crippen LogP) is 1.96. The number of para-hydroxylation sites is 1. The van der Waals surface area contributed by atoms with Crippen molar-refractivity contribution in [3.8, 4) is 0 Å². The van der Waals surface area contributed by atoms with Gasteiger partial charge >= 0.3 is 0 Å². The molecule has 0 aromatic heterocycles. The fourth-order valence-corrected chi connectivity index (χ4v) is 2.29. The molecule has 1 aromatic carbocycles. The molecule has 1 aliphatic rings. The van der Waals surface area contributed by atoms with Crippen LogP contribution in [0.3, 0.4) is 0 Å². The van der Waals surface area contributed by atoms with Crippen molar-refractivity contribution in [3.05, 3.63) is 30.3 Å². The minimum atomic E-state index is -0.173. The lowest BCUT2D eigenvalue weighted by Crippen LogP contribution is -2.47. The number of anilines is 1. The van der Waals surface area contributed by atoms with Gasteiger partial charge in [0.1, 0.15) is 5.66 Å². The van der Waals surface area contributed by atoms with Gasteiger partial charge in [0, 0.05) is 12.7 Å². The van der Waals surface area contributed by atoms with Crippen LogP contribution in [-0.2, 0) is 0 Å². The van der Waals surface area contributed by atoms with Crippen molar-refractivity contribution in [1.82, 2.24) is 10.4 Å². The second-order valence-corrected chi connectivity index (χ2v) is 4.55. The van der Waals surface area contributed by atoms with Crippen LogP contribution in [0.5, 0.6) is 0 Å². The summed E-state index contributed by atoms with van der Waals surface area (Å²) in [6.45, 7) is 4.21. The molecule has 80 valence electrons. The zero-order valence-electron chi connectivity index (χ0n) is 9.19. The zero-order chi connectivity index (χ0) is 11.1. The van der Waals surface area contributed by atoms with E-state index in [1.807, 2.05) is 30.3 Å². The topological polar surface area (TPSA) is 18.5 Å². The number of thiocarbonyl (C=S) groups is 1. The molecule has 1 fully saturated rings. The lowest BCUT2D eigenvalue weighted by molar-refractivity contribution is 0.297. The van der Waals surface area contributed by atoms with E-state index in [1.165, 1.54) is 0 Å². The average Bonchev–Trinajstić information content (AvgIpc) is 2.37. The van der Waals surface area contributed by atoms with Crippen LogP contribution in [0.2, 0.25) is 0 Å². The lowest BCUT2D eigenvalue weighted by atomic mass is 10.2. The van der Waals surface area contributed by atoms with Crippen molar-refractivity contribution >= 4 is 23.0 Å². The second kappa shape index (κ2) is 3.47. The Kier molecular flexibility index (Phi) is 2.40. The third-order valence-electron chi connectivity index (χ3n) is 2.49. The Bertz CT molecular complexity index is 375. The summed E-state index contributed by atoms with van der Waals surface area (Å²) in [4.78, 5) is 2.11. The lowest BCUT2D eigenvalue weighted by Gasteiger charge is -2.30. The summed E-state index contributed by atoms with van der Waals surface area (Å²) in [6, 6.07) is 10.2. The van der Waals surface area contributed by atoms with Crippen LogP contribution in [0, 0.1) is 0 Å². The Labute approximate surface area is 95.6 Å². The van der Waals surface area contributed by atoms with Gasteiger partial charge in [-0.2, -0.15) is 0 Å². The Morgan fingerprint density at radius 3 is 2.27 bits per heavy atom. The van der Waals surface area contributed by atoms with E-state index in [0.717, 1.165) is 10.8 Å². The van der Waals surface area contributed by atoms with Gasteiger partial charge in [0.2, 0.25) is 0 Å². The highest BCUT2D eigenvalue weighted by molar-refractivity contribution is 7.80. The molecular weight excluding hydrogens is 206 g/mol. The van der Waals surface area contributed by atoms with Gasteiger partial charge in [-0.05, 0) is 38.2 Å². The van der Waals surface area contributed by atoms with E-state index in [9.17, 15) is 0 Å². The summed E-state index contributed by atoms with van der Waals surface area (Å²) in [7, 11) is 1.94. The fraction of sp³-hybridized carbons (Fsp3) is 0.364. The number of rotatable bonds is 1. The molecule has 0 bridgehead atoms. The first-order valence-electron chi connectivity index (χ1n) is 4.93. The number of hydrogen-bond acceptors (Lipinski definition) is 2. The third kappa shape index (κ3) is 1.70. The number of nitrogens with one attached hydrogen (secondary N) is 1. The van der Waals surface area contributed by atoms with E-state index < -0.39 is 0 Å². The monoisotopic (exact) mass is 221 g/mol. The summed E-state index contributed by atoms with van der Waals surface area (Å²) in [5.74, 6) is 0. The van der Waals surface area contributed by atoms with Crippen LogP contribution in [0.15, 0.2) is 30.3 Å². The standard InChI is InChI=1S/C11H15N3S/c1-11(2)12-13(3)10(15)14(11)9-7-5-4-6-8-9/h4-8,12H,1-3H3. The molecule has 1 saturated heterocycles. The van der Waals surface area contributed by atoms with Gasteiger partial charge in [-0.15, -0.1) is 0 Å². The van der Waals surface area contributed by atoms with Gasteiger partial charge in [0.05, 0.1) is 0 Å². The summed E-state index contributed by atoms with van der Waals surface area (Å²) >= 11 is 5.38. The molecule has 0 saturated carbocycles. The highest BCUT2D eigenvalue weighted by Crippen LogP contribution is 2.27. The zero-order valence-corrected chi connectivity index (χ0v) is 10.0. The van der Waals surface area contributed by atoms with E-state index in [2.05, 4.69) is 36.3 Å². The van der Waals surface area contributed by atoms with E-state index in [4.69, 9.17) is 12.2 Å². The fourth-order valence-electron chi connectivity index (χ4n) is 1.91. The minimum absolute atomic E-state index is 0.173. The molecule has 1 aromatic rings. The highest BCUT2D eigenvalue weighted by atomic mass is 32.1. The SMILES string of the molecule is CN1NC(C)(C)N(c2ccccc2)C1=S. The van der Waals surface area contributed by atoms with Crippen molar-refractivity contribution < 1.29 is 0 Å². The smallest absolute Gasteiger partial charge is 0.192 e. The largest absolute Gasteiger partial charge is 0.298 e. The van der Waals surface area contributed by atoms with Gasteiger partial charge < -0.3 is 0 Å². The first-order chi connectivity index (χ1) is 7.02. The molecule has 1 aliphatic heterocycles. The van der Waals surface area contributed by atoms with Crippen LogP contribution >= 0.6 is 12.2 Å². The Balaban J connectivity index is 2.40. The van der Waals surface area contributed by atoms with Gasteiger partial charge in [-0.25, -0.2) is 5.43 Å². The molecule has 3 nitrogen and oxygen atoms in total. The predicted molar refractivity (Wildman–Crippen MR) is 66.5 cm³/mol. The number of hydrogen-bond donors (Lipinski definition) is 1. The minimum Gasteiger partial charge on any atom is -0.298 e. The molecule has 4 heteroatoms. The third-order valence-corrected chi connectivity index (χ3v) is 2.95. The molecular formula is C11H15N3S. The van der Waals surface area contributed by atoms with Crippen LogP contribution < -0.4 is 10.3 Å². The molecule has 0 atom stereocenters. The van der Waals surface area contributed by atoms with E-state index >= 15 is 0 Å². The number of benzene rings is 1.